The number of benzene rings is 2. The summed E-state index contributed by atoms with van der Waals surface area (Å²) in [7, 11) is 1.57. The maximum atomic E-state index is 14.1. The van der Waals surface area contributed by atoms with Crippen molar-refractivity contribution in [3.63, 3.8) is 0 Å². The number of furan rings is 1. The first-order chi connectivity index (χ1) is 20.9. The average Bonchev–Trinajstić information content (AvgIpc) is 3.70. The van der Waals surface area contributed by atoms with Crippen LogP contribution in [0.5, 0.6) is 5.75 Å². The van der Waals surface area contributed by atoms with Gasteiger partial charge in [0.15, 0.2) is 14.2 Å². The van der Waals surface area contributed by atoms with Crippen molar-refractivity contribution in [3.8, 4) is 5.75 Å². The summed E-state index contributed by atoms with van der Waals surface area (Å²) in [5.74, 6) is 0.576. The van der Waals surface area contributed by atoms with Gasteiger partial charge in [0, 0.05) is 16.1 Å². The van der Waals surface area contributed by atoms with E-state index >= 15 is 0 Å². The van der Waals surface area contributed by atoms with E-state index in [1.165, 1.54) is 23.1 Å². The zero-order chi connectivity index (χ0) is 30.1. The molecule has 0 aliphatic carbocycles. The number of hydrogen-bond acceptors (Lipinski definition) is 10. The predicted molar refractivity (Wildman–Crippen MR) is 173 cm³/mol. The number of aromatic nitrogens is 2. The van der Waals surface area contributed by atoms with Crippen LogP contribution in [0, 0.1) is 0 Å². The van der Waals surface area contributed by atoms with Crippen molar-refractivity contribution >= 4 is 72.6 Å². The molecule has 1 atom stereocenters. The lowest BCUT2D eigenvalue weighted by atomic mass is 9.93. The minimum atomic E-state index is -0.784. The Balaban J connectivity index is 1.45. The standard InChI is InChI=1S/C31H26BrN3O5S3/c1-4-8-21-26(29(37)39-5-2)27(19-15-17(32)11-13-22(19)38-3)35-28(36)24(41-30(35)33-21)16-18-12-14-25(40-18)43-31-34-20-9-6-7-10-23(20)42-31/h6-7,9-16,27H,4-5,8H2,1-3H3/b24-16+/t27-/m1/s1. The maximum Gasteiger partial charge on any atom is 0.338 e. The molecule has 5 aromatic rings. The van der Waals surface area contributed by atoms with Gasteiger partial charge in [0.05, 0.1) is 39.7 Å². The van der Waals surface area contributed by atoms with Crippen LogP contribution >= 0.6 is 50.4 Å². The van der Waals surface area contributed by atoms with Gasteiger partial charge >= 0.3 is 5.97 Å². The van der Waals surface area contributed by atoms with Crippen LogP contribution in [0.3, 0.4) is 0 Å². The highest BCUT2D eigenvalue weighted by molar-refractivity contribution is 9.10. The van der Waals surface area contributed by atoms with Gasteiger partial charge < -0.3 is 13.9 Å². The second kappa shape index (κ2) is 12.7. The molecule has 0 radical (unpaired) electrons. The molecule has 3 aromatic heterocycles. The van der Waals surface area contributed by atoms with Gasteiger partial charge in [-0.25, -0.2) is 14.8 Å². The number of para-hydroxylation sites is 1. The van der Waals surface area contributed by atoms with E-state index in [2.05, 4.69) is 20.9 Å². The van der Waals surface area contributed by atoms with Gasteiger partial charge in [-0.2, -0.15) is 0 Å². The second-order valence-electron chi connectivity index (χ2n) is 9.51. The van der Waals surface area contributed by atoms with Gasteiger partial charge in [0.1, 0.15) is 17.6 Å². The summed E-state index contributed by atoms with van der Waals surface area (Å²) in [4.78, 5) is 37.5. The van der Waals surface area contributed by atoms with E-state index in [4.69, 9.17) is 18.9 Å². The highest BCUT2D eigenvalue weighted by Gasteiger charge is 2.36. The third kappa shape index (κ3) is 5.88. The maximum absolute atomic E-state index is 14.1. The van der Waals surface area contributed by atoms with Crippen LogP contribution in [-0.4, -0.2) is 29.2 Å². The van der Waals surface area contributed by atoms with E-state index in [9.17, 15) is 9.59 Å². The summed E-state index contributed by atoms with van der Waals surface area (Å²) < 4.78 is 22.0. The molecule has 12 heteroatoms. The van der Waals surface area contributed by atoms with Crippen molar-refractivity contribution in [1.29, 1.82) is 0 Å². The minimum absolute atomic E-state index is 0.199. The lowest BCUT2D eigenvalue weighted by Gasteiger charge is -2.27. The van der Waals surface area contributed by atoms with Gasteiger partial charge in [-0.3, -0.25) is 9.36 Å². The summed E-state index contributed by atoms with van der Waals surface area (Å²) in [5, 5.41) is 0.671. The van der Waals surface area contributed by atoms with E-state index in [0.717, 1.165) is 25.4 Å². The van der Waals surface area contributed by atoms with E-state index in [-0.39, 0.29) is 12.2 Å². The Labute approximate surface area is 267 Å². The molecule has 0 amide bonds. The van der Waals surface area contributed by atoms with E-state index in [0.29, 0.717) is 49.2 Å². The molecule has 0 saturated carbocycles. The zero-order valence-corrected chi connectivity index (χ0v) is 27.5. The van der Waals surface area contributed by atoms with Crippen molar-refractivity contribution in [3.05, 3.63) is 101 Å². The molecule has 6 rings (SSSR count). The lowest BCUT2D eigenvalue weighted by Crippen LogP contribution is -2.40. The molecule has 8 nitrogen and oxygen atoms in total. The number of ether oxygens (including phenoxy) is 2. The van der Waals surface area contributed by atoms with Gasteiger partial charge in [0.25, 0.3) is 5.56 Å². The van der Waals surface area contributed by atoms with Crippen LogP contribution in [0.25, 0.3) is 16.3 Å². The van der Waals surface area contributed by atoms with E-state index in [1.807, 2.05) is 61.5 Å². The SMILES string of the molecule is CCCC1=C(C(=O)OCC)[C@@H](c2cc(Br)ccc2OC)n2c(s/c(=C/c3ccc(Sc4nc5ccccc5s4)o3)c2=O)=N1. The molecule has 4 heterocycles. The fourth-order valence-corrected chi connectivity index (χ4v) is 8.26. The average molecular weight is 697 g/mol. The zero-order valence-electron chi connectivity index (χ0n) is 23.5. The summed E-state index contributed by atoms with van der Waals surface area (Å²) >= 11 is 7.85. The number of methoxy groups -OCH3 is 1. The number of nitrogens with zero attached hydrogens (tertiary/aromatic N) is 3. The molecule has 0 fully saturated rings. The highest BCUT2D eigenvalue weighted by atomic mass is 79.9. The minimum Gasteiger partial charge on any atom is -0.496 e. The highest BCUT2D eigenvalue weighted by Crippen LogP contribution is 2.39. The Morgan fingerprint density at radius 2 is 2.00 bits per heavy atom. The van der Waals surface area contributed by atoms with Crippen LogP contribution in [0.2, 0.25) is 0 Å². The van der Waals surface area contributed by atoms with Crippen molar-refractivity contribution in [2.45, 2.75) is 42.2 Å². The second-order valence-corrected chi connectivity index (χ2v) is 13.7. The summed E-state index contributed by atoms with van der Waals surface area (Å²) in [5.41, 5.74) is 2.26. The van der Waals surface area contributed by atoms with Crippen LogP contribution in [0.4, 0.5) is 0 Å². The number of carbonyl (C=O) groups excluding carboxylic acids is 1. The van der Waals surface area contributed by atoms with Crippen molar-refractivity contribution < 1.29 is 18.7 Å². The largest absolute Gasteiger partial charge is 0.496 e. The molecule has 1 aliphatic heterocycles. The van der Waals surface area contributed by atoms with Crippen molar-refractivity contribution in [1.82, 2.24) is 9.55 Å². The topological polar surface area (TPSA) is 95.9 Å². The number of halogens is 1. The number of hydrogen-bond donors (Lipinski definition) is 0. The molecule has 0 N–H and O–H groups in total. The number of esters is 1. The van der Waals surface area contributed by atoms with Crippen LogP contribution < -0.4 is 19.6 Å². The Morgan fingerprint density at radius 1 is 1.16 bits per heavy atom. The number of fused-ring (bicyclic) bond motifs is 2. The van der Waals surface area contributed by atoms with Crippen LogP contribution in [0.1, 0.15) is 44.1 Å². The molecule has 0 spiro atoms. The molecule has 0 unspecified atom stereocenters. The van der Waals surface area contributed by atoms with Crippen molar-refractivity contribution in [2.75, 3.05) is 13.7 Å². The summed E-state index contributed by atoms with van der Waals surface area (Å²) in [6.07, 6.45) is 3.03. The number of carbonyl (C=O) groups is 1. The Kier molecular flexibility index (Phi) is 8.71. The molecule has 1 aliphatic rings. The van der Waals surface area contributed by atoms with Crippen molar-refractivity contribution in [2.24, 2.45) is 4.99 Å². The predicted octanol–water partition coefficient (Wildman–Crippen LogP) is 6.70. The monoisotopic (exact) mass is 695 g/mol. The normalized spacial score (nSPS) is 15.1. The summed E-state index contributed by atoms with van der Waals surface area (Å²) in [6.45, 7) is 3.98. The third-order valence-electron chi connectivity index (χ3n) is 6.72. The quantitative estimate of drug-likeness (QED) is 0.158. The molecule has 2 aromatic carbocycles. The molecule has 0 bridgehead atoms. The van der Waals surface area contributed by atoms with Gasteiger partial charge in [0.2, 0.25) is 0 Å². The Bertz CT molecular complexity index is 2020. The van der Waals surface area contributed by atoms with Crippen LogP contribution in [-0.2, 0) is 9.53 Å². The first-order valence-electron chi connectivity index (χ1n) is 13.6. The van der Waals surface area contributed by atoms with E-state index < -0.39 is 12.0 Å². The Morgan fingerprint density at radius 3 is 2.77 bits per heavy atom. The molecule has 220 valence electrons. The fourth-order valence-electron chi connectivity index (χ4n) is 4.91. The smallest absolute Gasteiger partial charge is 0.338 e. The number of rotatable bonds is 9. The first-order valence-corrected chi connectivity index (χ1v) is 16.8. The molecular weight excluding hydrogens is 670 g/mol. The molecule has 0 saturated heterocycles. The summed E-state index contributed by atoms with van der Waals surface area (Å²) in [6, 6.07) is 16.4. The van der Waals surface area contributed by atoms with Crippen LogP contribution in [0.15, 0.2) is 94.0 Å². The molecular formula is C31H26BrN3O5S3. The molecule has 43 heavy (non-hydrogen) atoms. The van der Waals surface area contributed by atoms with Gasteiger partial charge in [-0.05, 0) is 67.6 Å². The van der Waals surface area contributed by atoms with Gasteiger partial charge in [-0.15, -0.1) is 11.3 Å². The third-order valence-corrected chi connectivity index (χ3v) is 10.2. The fraction of sp³-hybridized carbons (Fsp3) is 0.226. The van der Waals surface area contributed by atoms with E-state index in [1.54, 1.807) is 36.0 Å². The first kappa shape index (κ1) is 29.6. The lowest BCUT2D eigenvalue weighted by molar-refractivity contribution is -0.139. The Hall–Kier alpha value is -3.45. The number of thiazole rings is 2. The van der Waals surface area contributed by atoms with Gasteiger partial charge in [-0.1, -0.05) is 52.7 Å². The number of allylic oxidation sites excluding steroid dienone is 1.